The highest BCUT2D eigenvalue weighted by Gasteiger charge is 2.15. The fourth-order valence-electron chi connectivity index (χ4n) is 4.97. The van der Waals surface area contributed by atoms with E-state index in [9.17, 15) is 0 Å². The first kappa shape index (κ1) is 30.5. The zero-order valence-corrected chi connectivity index (χ0v) is 28.3. The average molecular weight is 728 g/mol. The van der Waals surface area contributed by atoms with Crippen LogP contribution in [0.5, 0.6) is 11.5 Å². The molecule has 45 heavy (non-hydrogen) atoms. The Balaban J connectivity index is 1.19. The summed E-state index contributed by atoms with van der Waals surface area (Å²) in [6, 6.07) is 23.5. The Morgan fingerprint density at radius 2 is 1.07 bits per heavy atom. The standard InChI is InChI=1S/C34H32Br2N8O/c1-17(2)39-31(37)19-5-11-27-29(13-19)43-33(41-27)23-9-7-21(15-25(23)35)45-22-8-10-24(26(36)16-22)34-42-28-12-6-20(14-30(28)44-34)32(38)40-18(3)4/h5-18H,1-4H3,(H2,37,39)(H2,38,40)(H,41,43)(H,42,44). The minimum atomic E-state index is 0.182. The molecule has 9 nitrogen and oxygen atoms in total. The number of ether oxygens (including phenoxy) is 1. The number of fused-ring (bicyclic) bond motifs is 2. The summed E-state index contributed by atoms with van der Waals surface area (Å²) in [4.78, 5) is 16.3. The summed E-state index contributed by atoms with van der Waals surface area (Å²) in [5.41, 5.74) is 6.79. The Morgan fingerprint density at radius 3 is 1.44 bits per heavy atom. The summed E-state index contributed by atoms with van der Waals surface area (Å²) in [6.45, 7) is 8.05. The number of halogens is 2. The van der Waals surface area contributed by atoms with Crippen LogP contribution in [0.3, 0.4) is 0 Å². The van der Waals surface area contributed by atoms with Gasteiger partial charge in [0.2, 0.25) is 0 Å². The Bertz CT molecular complexity index is 1930. The van der Waals surface area contributed by atoms with Crippen LogP contribution in [0.1, 0.15) is 38.8 Å². The molecule has 0 radical (unpaired) electrons. The second-order valence-electron chi connectivity index (χ2n) is 11.4. The number of nitrogens with zero attached hydrogens (tertiary/aromatic N) is 2. The van der Waals surface area contributed by atoms with Gasteiger partial charge in [0.1, 0.15) is 34.8 Å². The number of benzene rings is 4. The Labute approximate surface area is 277 Å². The van der Waals surface area contributed by atoms with Crippen molar-refractivity contribution < 1.29 is 4.74 Å². The maximum atomic E-state index is 8.30. The Morgan fingerprint density at radius 1 is 0.644 bits per heavy atom. The number of imidazole rings is 2. The third-order valence-electron chi connectivity index (χ3n) is 7.03. The number of hydrogen-bond acceptors (Lipinski definition) is 5. The molecule has 0 aliphatic heterocycles. The minimum absolute atomic E-state index is 0.182. The van der Waals surface area contributed by atoms with E-state index < -0.39 is 0 Å². The summed E-state index contributed by atoms with van der Waals surface area (Å²) in [7, 11) is 0. The molecule has 0 fully saturated rings. The maximum absolute atomic E-state index is 8.30. The molecule has 6 N–H and O–H groups in total. The predicted molar refractivity (Wildman–Crippen MR) is 189 cm³/mol. The molecule has 0 spiro atoms. The normalized spacial score (nSPS) is 11.5. The van der Waals surface area contributed by atoms with E-state index >= 15 is 0 Å². The first-order chi connectivity index (χ1) is 21.5. The SMILES string of the molecule is CC(C)NC(=N)c1ccc2nc(-c3ccc(Oc4ccc(-c5nc6ccc(C(=N)NC(C)C)cc6[nH]5)c(Br)c4)cc3Br)[nH]c2c1. The van der Waals surface area contributed by atoms with Crippen LogP contribution in [0.2, 0.25) is 0 Å². The third kappa shape index (κ3) is 6.64. The summed E-state index contributed by atoms with van der Waals surface area (Å²) >= 11 is 7.39. The third-order valence-corrected chi connectivity index (χ3v) is 8.35. The zero-order chi connectivity index (χ0) is 31.8. The number of amidine groups is 2. The van der Waals surface area contributed by atoms with Crippen LogP contribution < -0.4 is 15.4 Å². The average Bonchev–Trinajstić information content (AvgIpc) is 3.60. The molecule has 0 aliphatic rings. The van der Waals surface area contributed by atoms with Crippen LogP contribution in [-0.4, -0.2) is 43.7 Å². The van der Waals surface area contributed by atoms with Gasteiger partial charge in [-0.15, -0.1) is 0 Å². The molecule has 0 aliphatic carbocycles. The molecule has 228 valence electrons. The highest BCUT2D eigenvalue weighted by molar-refractivity contribution is 9.11. The summed E-state index contributed by atoms with van der Waals surface area (Å²) in [6.07, 6.45) is 0. The molecule has 0 saturated heterocycles. The molecule has 6 aromatic rings. The summed E-state index contributed by atoms with van der Waals surface area (Å²) in [5.74, 6) is 3.56. The first-order valence-electron chi connectivity index (χ1n) is 14.5. The van der Waals surface area contributed by atoms with E-state index in [-0.39, 0.29) is 12.1 Å². The van der Waals surface area contributed by atoms with Gasteiger partial charge in [0.05, 0.1) is 22.1 Å². The molecule has 0 bridgehead atoms. The van der Waals surface area contributed by atoms with Crippen molar-refractivity contribution >= 4 is 65.6 Å². The number of H-pyrrole nitrogens is 2. The lowest BCUT2D eigenvalue weighted by molar-refractivity contribution is 0.482. The number of nitrogens with one attached hydrogen (secondary N) is 6. The highest BCUT2D eigenvalue weighted by atomic mass is 79.9. The van der Waals surface area contributed by atoms with Gasteiger partial charge in [0, 0.05) is 43.3 Å². The van der Waals surface area contributed by atoms with Crippen molar-refractivity contribution in [2.75, 3.05) is 0 Å². The quantitative estimate of drug-likeness (QED) is 0.0688. The molecule has 2 heterocycles. The maximum Gasteiger partial charge on any atom is 0.139 e. The molecule has 0 saturated carbocycles. The van der Waals surface area contributed by atoms with E-state index in [1.54, 1.807) is 0 Å². The monoisotopic (exact) mass is 726 g/mol. The van der Waals surface area contributed by atoms with Crippen molar-refractivity contribution in [1.82, 2.24) is 30.6 Å². The zero-order valence-electron chi connectivity index (χ0n) is 25.1. The van der Waals surface area contributed by atoms with Crippen molar-refractivity contribution in [3.05, 3.63) is 92.9 Å². The van der Waals surface area contributed by atoms with Crippen molar-refractivity contribution in [2.24, 2.45) is 0 Å². The molecular formula is C34H32Br2N8O. The van der Waals surface area contributed by atoms with E-state index in [0.717, 1.165) is 64.9 Å². The van der Waals surface area contributed by atoms with Gasteiger partial charge in [-0.3, -0.25) is 10.8 Å². The second-order valence-corrected chi connectivity index (χ2v) is 13.1. The van der Waals surface area contributed by atoms with E-state index in [4.69, 9.17) is 25.5 Å². The molecule has 6 rings (SSSR count). The predicted octanol–water partition coefficient (Wildman–Crippen LogP) is 8.74. The first-order valence-corrected chi connectivity index (χ1v) is 16.1. The van der Waals surface area contributed by atoms with Crippen LogP contribution in [0.15, 0.2) is 81.7 Å². The number of aromatic nitrogens is 4. The Hall–Kier alpha value is -4.48. The minimum Gasteiger partial charge on any atom is -0.457 e. The number of aromatic amines is 2. The van der Waals surface area contributed by atoms with Crippen molar-refractivity contribution in [2.45, 2.75) is 39.8 Å². The van der Waals surface area contributed by atoms with Crippen LogP contribution >= 0.6 is 31.9 Å². The van der Waals surface area contributed by atoms with Crippen LogP contribution in [0.4, 0.5) is 0 Å². The molecular weight excluding hydrogens is 696 g/mol. The fraction of sp³-hybridized carbons (Fsp3) is 0.176. The van der Waals surface area contributed by atoms with Gasteiger partial charge in [-0.25, -0.2) is 9.97 Å². The lowest BCUT2D eigenvalue weighted by atomic mass is 10.1. The van der Waals surface area contributed by atoms with Crippen molar-refractivity contribution in [3.8, 4) is 34.3 Å². The van der Waals surface area contributed by atoms with Crippen molar-refractivity contribution in [1.29, 1.82) is 10.8 Å². The van der Waals surface area contributed by atoms with E-state index in [0.29, 0.717) is 23.2 Å². The molecule has 4 aromatic carbocycles. The topological polar surface area (TPSA) is 138 Å². The molecule has 2 aromatic heterocycles. The van der Waals surface area contributed by atoms with Gasteiger partial charge in [-0.2, -0.15) is 0 Å². The molecule has 0 unspecified atom stereocenters. The van der Waals surface area contributed by atoms with Gasteiger partial charge in [0.25, 0.3) is 0 Å². The molecule has 0 amide bonds. The highest BCUT2D eigenvalue weighted by Crippen LogP contribution is 2.36. The van der Waals surface area contributed by atoms with Gasteiger partial charge in [0.15, 0.2) is 0 Å². The number of hydrogen-bond donors (Lipinski definition) is 6. The lowest BCUT2D eigenvalue weighted by Crippen LogP contribution is -2.30. The van der Waals surface area contributed by atoms with Gasteiger partial charge in [-0.05, 0) is 132 Å². The van der Waals surface area contributed by atoms with E-state index in [2.05, 4.69) is 52.5 Å². The van der Waals surface area contributed by atoms with Crippen LogP contribution in [-0.2, 0) is 0 Å². The molecule has 11 heteroatoms. The summed E-state index contributed by atoms with van der Waals surface area (Å²) in [5, 5.41) is 22.9. The van der Waals surface area contributed by atoms with Gasteiger partial charge < -0.3 is 25.3 Å². The van der Waals surface area contributed by atoms with Gasteiger partial charge in [-0.1, -0.05) is 0 Å². The second kappa shape index (κ2) is 12.5. The smallest absolute Gasteiger partial charge is 0.139 e. The van der Waals surface area contributed by atoms with Crippen molar-refractivity contribution in [3.63, 3.8) is 0 Å². The van der Waals surface area contributed by atoms with Crippen LogP contribution in [0.25, 0.3) is 44.8 Å². The van der Waals surface area contributed by atoms with Gasteiger partial charge >= 0.3 is 0 Å². The summed E-state index contributed by atoms with van der Waals surface area (Å²) < 4.78 is 7.88. The Kier molecular flexibility index (Phi) is 8.48. The largest absolute Gasteiger partial charge is 0.457 e. The van der Waals surface area contributed by atoms with E-state index in [1.807, 2.05) is 100 Å². The lowest BCUT2D eigenvalue weighted by Gasteiger charge is -2.10. The van der Waals surface area contributed by atoms with E-state index in [1.165, 1.54) is 0 Å². The fourth-order valence-corrected chi connectivity index (χ4v) is 6.06. The molecule has 0 atom stereocenters. The van der Waals surface area contributed by atoms with Crippen LogP contribution in [0, 0.1) is 10.8 Å². The number of rotatable bonds is 8.